The molecule has 2 aromatic rings. The number of aromatic nitrogens is 3. The summed E-state index contributed by atoms with van der Waals surface area (Å²) in [6, 6.07) is 0. The van der Waals surface area contributed by atoms with Gasteiger partial charge in [0.25, 0.3) is 5.56 Å². The van der Waals surface area contributed by atoms with Crippen LogP contribution in [0.4, 0.5) is 0 Å². The van der Waals surface area contributed by atoms with Crippen LogP contribution in [0.5, 0.6) is 0 Å². The summed E-state index contributed by atoms with van der Waals surface area (Å²) in [5.41, 5.74) is 1.59. The van der Waals surface area contributed by atoms with Crippen LogP contribution in [0.3, 0.4) is 0 Å². The third kappa shape index (κ3) is 1.70. The summed E-state index contributed by atoms with van der Waals surface area (Å²) < 4.78 is 1.72. The minimum atomic E-state index is 0.0724. The van der Waals surface area contributed by atoms with Gasteiger partial charge in [0.1, 0.15) is 5.69 Å². The van der Waals surface area contributed by atoms with Crippen molar-refractivity contribution in [1.29, 1.82) is 0 Å². The lowest BCUT2D eigenvalue weighted by Crippen LogP contribution is -2.13. The van der Waals surface area contributed by atoms with Crippen molar-refractivity contribution in [1.82, 2.24) is 13.9 Å². The molecule has 0 aliphatic carbocycles. The summed E-state index contributed by atoms with van der Waals surface area (Å²) >= 11 is 1.44. The molecule has 78 valence electrons. The van der Waals surface area contributed by atoms with E-state index < -0.39 is 0 Å². The number of nitrogens with zero attached hydrogens (tertiary/aromatic N) is 3. The molecule has 0 aliphatic rings. The minimum absolute atomic E-state index is 0.0724. The summed E-state index contributed by atoms with van der Waals surface area (Å²) in [4.78, 5) is 20.8. The predicted octanol–water partition coefficient (Wildman–Crippen LogP) is 1.70. The van der Waals surface area contributed by atoms with Crippen LogP contribution < -0.4 is 5.56 Å². The smallest absolute Gasteiger partial charge is 0.264 e. The topological polar surface area (TPSA) is 47.8 Å². The lowest BCUT2D eigenvalue weighted by atomic mass is 10.2. The first kappa shape index (κ1) is 10.0. The Morgan fingerprint density at radius 1 is 1.47 bits per heavy atom. The second-order valence-electron chi connectivity index (χ2n) is 3.14. The van der Waals surface area contributed by atoms with Crippen molar-refractivity contribution in [2.24, 2.45) is 0 Å². The van der Waals surface area contributed by atoms with E-state index >= 15 is 0 Å². The molecular weight excluding hydrogens is 210 g/mol. The van der Waals surface area contributed by atoms with Crippen LogP contribution in [0.15, 0.2) is 23.4 Å². The Kier molecular flexibility index (Phi) is 2.64. The lowest BCUT2D eigenvalue weighted by Gasteiger charge is -1.94. The maximum Gasteiger partial charge on any atom is 0.264 e. The number of rotatable bonds is 2. The van der Waals surface area contributed by atoms with Gasteiger partial charge in [0.2, 0.25) is 0 Å². The summed E-state index contributed by atoms with van der Waals surface area (Å²) in [5, 5.41) is 0. The minimum Gasteiger partial charge on any atom is -0.268 e. The van der Waals surface area contributed by atoms with Crippen LogP contribution in [0.25, 0.3) is 10.6 Å². The van der Waals surface area contributed by atoms with E-state index in [1.54, 1.807) is 22.5 Å². The van der Waals surface area contributed by atoms with Crippen molar-refractivity contribution in [2.75, 3.05) is 0 Å². The van der Waals surface area contributed by atoms with Crippen LogP contribution in [-0.2, 0) is 6.54 Å². The Hall–Kier alpha value is -1.49. The van der Waals surface area contributed by atoms with Gasteiger partial charge in [-0.05, 0) is 13.8 Å². The number of aryl methyl sites for hydroxylation is 1. The van der Waals surface area contributed by atoms with Crippen molar-refractivity contribution in [3.63, 3.8) is 0 Å². The fraction of sp³-hybridized carbons (Fsp3) is 0.300. The monoisotopic (exact) mass is 221 g/mol. The summed E-state index contributed by atoms with van der Waals surface area (Å²) in [6.07, 6.45) is 4.94. The SMILES string of the molecule is CCn1sc(-c2cnccn2)c(C)c1=O. The molecule has 0 amide bonds. The molecule has 2 aromatic heterocycles. The van der Waals surface area contributed by atoms with Gasteiger partial charge in [-0.1, -0.05) is 11.5 Å². The first-order chi connectivity index (χ1) is 7.24. The maximum absolute atomic E-state index is 11.7. The van der Waals surface area contributed by atoms with Crippen molar-refractivity contribution in [3.8, 4) is 10.6 Å². The largest absolute Gasteiger partial charge is 0.268 e. The number of hydrogen-bond acceptors (Lipinski definition) is 4. The molecule has 2 heterocycles. The first-order valence-corrected chi connectivity index (χ1v) is 5.48. The molecule has 0 fully saturated rings. The van der Waals surface area contributed by atoms with E-state index in [1.165, 1.54) is 11.5 Å². The van der Waals surface area contributed by atoms with E-state index in [2.05, 4.69) is 9.97 Å². The van der Waals surface area contributed by atoms with Gasteiger partial charge in [-0.25, -0.2) is 0 Å². The molecule has 0 N–H and O–H groups in total. The molecule has 0 atom stereocenters. The maximum atomic E-state index is 11.7. The second kappa shape index (κ2) is 3.94. The molecule has 0 saturated carbocycles. The van der Waals surface area contributed by atoms with Gasteiger partial charge < -0.3 is 0 Å². The molecule has 0 aliphatic heterocycles. The highest BCUT2D eigenvalue weighted by atomic mass is 32.1. The highest BCUT2D eigenvalue weighted by Gasteiger charge is 2.12. The van der Waals surface area contributed by atoms with E-state index in [0.29, 0.717) is 6.54 Å². The van der Waals surface area contributed by atoms with Crippen molar-refractivity contribution in [2.45, 2.75) is 20.4 Å². The second-order valence-corrected chi connectivity index (χ2v) is 4.17. The lowest BCUT2D eigenvalue weighted by molar-refractivity contribution is 0.805. The molecule has 0 spiro atoms. The molecule has 0 aromatic carbocycles. The highest BCUT2D eigenvalue weighted by molar-refractivity contribution is 7.10. The van der Waals surface area contributed by atoms with Gasteiger partial charge in [-0.2, -0.15) is 0 Å². The molecule has 15 heavy (non-hydrogen) atoms. The Morgan fingerprint density at radius 2 is 2.27 bits per heavy atom. The van der Waals surface area contributed by atoms with E-state index in [4.69, 9.17) is 0 Å². The van der Waals surface area contributed by atoms with Crippen molar-refractivity contribution in [3.05, 3.63) is 34.5 Å². The van der Waals surface area contributed by atoms with Gasteiger partial charge in [0, 0.05) is 24.5 Å². The molecule has 0 radical (unpaired) electrons. The van der Waals surface area contributed by atoms with Gasteiger partial charge in [0.15, 0.2) is 0 Å². The molecule has 5 heteroatoms. The van der Waals surface area contributed by atoms with Crippen molar-refractivity contribution >= 4 is 11.5 Å². The van der Waals surface area contributed by atoms with Crippen LogP contribution in [-0.4, -0.2) is 13.9 Å². The third-order valence-electron chi connectivity index (χ3n) is 2.17. The summed E-state index contributed by atoms with van der Waals surface area (Å²) in [7, 11) is 0. The Labute approximate surface area is 91.4 Å². The molecule has 0 unspecified atom stereocenters. The van der Waals surface area contributed by atoms with Crippen LogP contribution in [0, 0.1) is 6.92 Å². The summed E-state index contributed by atoms with van der Waals surface area (Å²) in [5.74, 6) is 0. The fourth-order valence-corrected chi connectivity index (χ4v) is 2.36. The van der Waals surface area contributed by atoms with Crippen molar-refractivity contribution < 1.29 is 0 Å². The zero-order valence-electron chi connectivity index (χ0n) is 8.60. The van der Waals surface area contributed by atoms with Gasteiger partial charge in [-0.15, -0.1) is 0 Å². The first-order valence-electron chi connectivity index (χ1n) is 4.71. The van der Waals surface area contributed by atoms with Crippen LogP contribution >= 0.6 is 11.5 Å². The molecule has 2 rings (SSSR count). The summed E-state index contributed by atoms with van der Waals surface area (Å²) in [6.45, 7) is 4.48. The van der Waals surface area contributed by atoms with E-state index in [1.807, 2.05) is 13.8 Å². The Morgan fingerprint density at radius 3 is 2.80 bits per heavy atom. The predicted molar refractivity (Wildman–Crippen MR) is 60.0 cm³/mol. The van der Waals surface area contributed by atoms with E-state index in [0.717, 1.165) is 16.1 Å². The average molecular weight is 221 g/mol. The average Bonchev–Trinajstić information content (AvgIpc) is 2.57. The fourth-order valence-electron chi connectivity index (χ4n) is 1.37. The molecular formula is C10H11N3OS. The van der Waals surface area contributed by atoms with E-state index in [-0.39, 0.29) is 5.56 Å². The zero-order valence-corrected chi connectivity index (χ0v) is 9.41. The molecule has 0 saturated heterocycles. The number of hydrogen-bond donors (Lipinski definition) is 0. The van der Waals surface area contributed by atoms with Gasteiger partial charge in [0.05, 0.1) is 11.1 Å². The van der Waals surface area contributed by atoms with Gasteiger partial charge >= 0.3 is 0 Å². The van der Waals surface area contributed by atoms with Crippen LogP contribution in [0.2, 0.25) is 0 Å². The Balaban J connectivity index is 2.60. The highest BCUT2D eigenvalue weighted by Crippen LogP contribution is 2.23. The quantitative estimate of drug-likeness (QED) is 0.775. The van der Waals surface area contributed by atoms with Gasteiger partial charge in [-0.3, -0.25) is 18.7 Å². The van der Waals surface area contributed by atoms with E-state index in [9.17, 15) is 4.79 Å². The normalized spacial score (nSPS) is 10.5. The molecule has 4 nitrogen and oxygen atoms in total. The van der Waals surface area contributed by atoms with Crippen LogP contribution in [0.1, 0.15) is 12.5 Å². The standard InChI is InChI=1S/C10H11N3OS/c1-3-13-10(14)7(2)9(15-13)8-6-11-4-5-12-8/h4-6H,3H2,1-2H3. The Bertz CT molecular complexity index is 515. The zero-order chi connectivity index (χ0) is 10.8. The third-order valence-corrected chi connectivity index (χ3v) is 3.51. The molecule has 0 bridgehead atoms.